The summed E-state index contributed by atoms with van der Waals surface area (Å²) < 4.78 is 58.4. The highest BCUT2D eigenvalue weighted by molar-refractivity contribution is 8.13. The normalized spacial score (nSPS) is 12.3. The number of benzene rings is 4. The third-order valence-corrected chi connectivity index (χ3v) is 9.91. The second-order valence-corrected chi connectivity index (χ2v) is 15.0. The summed E-state index contributed by atoms with van der Waals surface area (Å²) in [4.78, 5) is 23.1. The molecule has 2 aliphatic heterocycles. The summed E-state index contributed by atoms with van der Waals surface area (Å²) in [5, 5.41) is 39.7. The van der Waals surface area contributed by atoms with E-state index in [9.17, 15) is 47.1 Å². The van der Waals surface area contributed by atoms with Crippen molar-refractivity contribution in [3.63, 3.8) is 0 Å². The fourth-order valence-corrected chi connectivity index (χ4v) is 6.33. The van der Waals surface area contributed by atoms with Gasteiger partial charge in [-0.3, -0.25) is 29.9 Å². The molecule has 22 heteroatoms. The number of nitrogens with one attached hydrogen (secondary N) is 1. The molecule has 0 radical (unpaired) electrons. The van der Waals surface area contributed by atoms with Crippen molar-refractivity contribution in [2.24, 2.45) is 0 Å². The Hall–Kier alpha value is -5.41. The van der Waals surface area contributed by atoms with E-state index in [4.69, 9.17) is 25.7 Å². The summed E-state index contributed by atoms with van der Waals surface area (Å²) in [6, 6.07) is 24.7. The van der Waals surface area contributed by atoms with Gasteiger partial charge < -0.3 is 25.1 Å². The predicted molar refractivity (Wildman–Crippen MR) is 210 cm³/mol. The van der Waals surface area contributed by atoms with E-state index in [1.165, 1.54) is 6.07 Å². The van der Waals surface area contributed by atoms with Gasteiger partial charge in [0.25, 0.3) is 30.4 Å². The minimum absolute atomic E-state index is 0. The van der Waals surface area contributed by atoms with Crippen molar-refractivity contribution in [1.29, 1.82) is 0 Å². The van der Waals surface area contributed by atoms with Crippen molar-refractivity contribution >= 4 is 77.7 Å². The van der Waals surface area contributed by atoms with Crippen LogP contribution in [0.1, 0.15) is 26.0 Å². The highest BCUT2D eigenvalue weighted by Crippen LogP contribution is 2.21. The van der Waals surface area contributed by atoms with Crippen LogP contribution >= 0.6 is 10.7 Å². The standard InChI is InChI=1S/C13H11BN2O6S.C7H8BNO2.C6H4ClNO4S.C5H5N.2CH4/c17-14-13-7-10(2-1-9(13)8-22-14)15-23(20,21)12-5-3-11(4-6-12)16(18)19;9-6-2-1-5-4-11-8(10)7(5)3-6;7-13(11,12)6-3-1-5(2-4-6)8(9)10;1-2-4-6-5-3-1;;/h1-7,15,17H,8H2;1-3,10H,4,9H2;1-4H;1-5H;2*1H4. The van der Waals surface area contributed by atoms with Crippen LogP contribution in [0.15, 0.2) is 125 Å². The molecule has 0 saturated carbocycles. The number of halogens is 1. The summed E-state index contributed by atoms with van der Waals surface area (Å²) in [5.74, 6) is 0. The van der Waals surface area contributed by atoms with E-state index < -0.39 is 43.2 Å². The number of anilines is 2. The number of pyridine rings is 1. The van der Waals surface area contributed by atoms with Crippen molar-refractivity contribution in [1.82, 2.24) is 4.98 Å². The number of aromatic nitrogens is 1. The van der Waals surface area contributed by atoms with Crippen LogP contribution in [0.3, 0.4) is 0 Å². The Balaban J connectivity index is 0.000000277. The molecule has 0 atom stereocenters. The van der Waals surface area contributed by atoms with Crippen LogP contribution in [0.2, 0.25) is 0 Å². The number of rotatable bonds is 6. The number of sulfonamides is 1. The Morgan fingerprint density at radius 1 is 0.709 bits per heavy atom. The van der Waals surface area contributed by atoms with Crippen LogP contribution in [-0.2, 0) is 41.6 Å². The second kappa shape index (κ2) is 20.3. The zero-order valence-electron chi connectivity index (χ0n) is 27.1. The quantitative estimate of drug-likeness (QED) is 0.0621. The Bertz CT molecular complexity index is 2250. The Morgan fingerprint density at radius 3 is 1.58 bits per heavy atom. The number of hydrogen-bond donors (Lipinski definition) is 4. The molecule has 7 rings (SSSR count). The van der Waals surface area contributed by atoms with Gasteiger partial charge in [-0.2, -0.15) is 0 Å². The largest absolute Gasteiger partial charge is 0.491 e. The number of non-ortho nitro benzene ring substituents is 2. The molecule has 290 valence electrons. The van der Waals surface area contributed by atoms with Crippen LogP contribution in [0, 0.1) is 20.2 Å². The molecule has 0 saturated heterocycles. The number of fused-ring (bicyclic) bond motifs is 2. The number of nitrogens with two attached hydrogens (primary N) is 1. The molecule has 0 unspecified atom stereocenters. The molecule has 5 aromatic rings. The third kappa shape index (κ3) is 13.1. The molecular weight excluding hydrogens is 780 g/mol. The van der Waals surface area contributed by atoms with Crippen LogP contribution in [0.5, 0.6) is 0 Å². The van der Waals surface area contributed by atoms with E-state index in [1.54, 1.807) is 36.7 Å². The van der Waals surface area contributed by atoms with Gasteiger partial charge in [0.15, 0.2) is 0 Å². The van der Waals surface area contributed by atoms with Crippen molar-refractivity contribution in [2.75, 3.05) is 10.5 Å². The van der Waals surface area contributed by atoms with Gasteiger partial charge in [0.1, 0.15) is 0 Å². The fraction of sp³-hybridized carbons (Fsp3) is 0.121. The van der Waals surface area contributed by atoms with Crippen LogP contribution in [-0.4, -0.2) is 56.0 Å². The second-order valence-electron chi connectivity index (χ2n) is 10.8. The SMILES string of the molecule is C.C.Nc1ccc2c(c1)B(O)OC2.O=[N+]([O-])c1ccc(S(=O)(=O)Cl)cc1.O=[N+]([O-])c1ccc(S(=O)(=O)Nc2ccc3c(c2)B(O)OC3)cc1.c1ccncc1. The lowest BCUT2D eigenvalue weighted by molar-refractivity contribution is -0.385. The van der Waals surface area contributed by atoms with Gasteiger partial charge in [-0.05, 0) is 82.7 Å². The first-order valence-electron chi connectivity index (χ1n) is 15.0. The number of nitrogens with zero attached hydrogens (tertiary/aromatic N) is 3. The third-order valence-electron chi connectivity index (χ3n) is 7.15. The molecule has 2 aliphatic rings. The average molecular weight is 816 g/mol. The Morgan fingerprint density at radius 2 is 1.16 bits per heavy atom. The van der Waals surface area contributed by atoms with E-state index in [1.807, 2.05) is 24.3 Å². The molecule has 5 N–H and O–H groups in total. The average Bonchev–Trinajstić information content (AvgIpc) is 3.70. The topological polar surface area (TPSA) is 264 Å². The molecule has 3 heterocycles. The van der Waals surface area contributed by atoms with Crippen molar-refractivity contribution in [3.05, 3.63) is 147 Å². The molecule has 0 spiro atoms. The summed E-state index contributed by atoms with van der Waals surface area (Å²) in [6.07, 6.45) is 3.50. The lowest BCUT2D eigenvalue weighted by atomic mass is 9.79. The highest BCUT2D eigenvalue weighted by atomic mass is 35.7. The maximum Gasteiger partial charge on any atom is 0.491 e. The summed E-state index contributed by atoms with van der Waals surface area (Å²) >= 11 is 0. The summed E-state index contributed by atoms with van der Waals surface area (Å²) in [5.41, 5.74) is 9.20. The molecule has 4 aromatic carbocycles. The fourth-order valence-electron chi connectivity index (χ4n) is 4.52. The monoisotopic (exact) mass is 815 g/mol. The van der Waals surface area contributed by atoms with Gasteiger partial charge >= 0.3 is 14.2 Å². The molecule has 0 aliphatic carbocycles. The number of nitro groups is 2. The van der Waals surface area contributed by atoms with Gasteiger partial charge in [-0.25, -0.2) is 16.8 Å². The van der Waals surface area contributed by atoms with E-state index in [-0.39, 0.29) is 48.3 Å². The van der Waals surface area contributed by atoms with Gasteiger partial charge in [-0.1, -0.05) is 33.1 Å². The molecule has 17 nitrogen and oxygen atoms in total. The van der Waals surface area contributed by atoms with Gasteiger partial charge in [-0.15, -0.1) is 0 Å². The Labute approximate surface area is 322 Å². The molecular formula is C33H36B2ClN5O12S2. The lowest BCUT2D eigenvalue weighted by Crippen LogP contribution is -2.28. The van der Waals surface area contributed by atoms with Crippen molar-refractivity contribution < 1.29 is 46.0 Å². The molecule has 1 aromatic heterocycles. The van der Waals surface area contributed by atoms with E-state index in [0.29, 0.717) is 17.8 Å². The first-order chi connectivity index (χ1) is 25.0. The van der Waals surface area contributed by atoms with Crippen LogP contribution in [0.25, 0.3) is 0 Å². The molecule has 0 fully saturated rings. The van der Waals surface area contributed by atoms with Gasteiger partial charge in [0.2, 0.25) is 0 Å². The first-order valence-corrected chi connectivity index (χ1v) is 18.8. The predicted octanol–water partition coefficient (Wildman–Crippen LogP) is 3.98. The van der Waals surface area contributed by atoms with Gasteiger partial charge in [0.05, 0.1) is 32.9 Å². The summed E-state index contributed by atoms with van der Waals surface area (Å²) in [7, 11) is -4.55. The summed E-state index contributed by atoms with van der Waals surface area (Å²) in [6.45, 7) is 0.753. The maximum absolute atomic E-state index is 12.3. The molecule has 0 amide bonds. The number of hydrogen-bond acceptors (Lipinski definition) is 14. The highest BCUT2D eigenvalue weighted by Gasteiger charge is 2.28. The minimum atomic E-state index is -3.89. The van der Waals surface area contributed by atoms with E-state index in [0.717, 1.165) is 65.1 Å². The zero-order chi connectivity index (χ0) is 38.8. The molecule has 0 bridgehead atoms. The van der Waals surface area contributed by atoms with Gasteiger partial charge in [0, 0.05) is 58.7 Å². The van der Waals surface area contributed by atoms with Crippen molar-refractivity contribution in [3.8, 4) is 0 Å². The maximum atomic E-state index is 12.3. The smallest absolute Gasteiger partial charge is 0.423 e. The van der Waals surface area contributed by atoms with Crippen LogP contribution in [0.4, 0.5) is 22.7 Å². The van der Waals surface area contributed by atoms with Crippen LogP contribution < -0.4 is 21.4 Å². The van der Waals surface area contributed by atoms with E-state index in [2.05, 4.69) is 9.71 Å². The number of nitro benzene ring substituents is 2. The molecule has 55 heavy (non-hydrogen) atoms. The first kappa shape index (κ1) is 45.7. The van der Waals surface area contributed by atoms with E-state index >= 15 is 0 Å². The number of nitrogen functional groups attached to an aromatic ring is 1. The Kier molecular flexibility index (Phi) is 16.9. The zero-order valence-corrected chi connectivity index (χ0v) is 29.5. The lowest BCUT2D eigenvalue weighted by Gasteiger charge is -2.09. The minimum Gasteiger partial charge on any atom is -0.423 e. The van der Waals surface area contributed by atoms with Crippen molar-refractivity contribution in [2.45, 2.75) is 37.9 Å².